The molecule has 0 saturated carbocycles. The molecule has 0 fully saturated rings. The van der Waals surface area contributed by atoms with E-state index in [-0.39, 0.29) is 10.5 Å². The summed E-state index contributed by atoms with van der Waals surface area (Å²) in [5.74, 6) is -0.167. The number of benzene rings is 2. The minimum absolute atomic E-state index is 0.115. The molecule has 128 valence electrons. The zero-order valence-electron chi connectivity index (χ0n) is 13.6. The Labute approximate surface area is 146 Å². The van der Waals surface area contributed by atoms with Crippen molar-refractivity contribution in [1.29, 1.82) is 0 Å². The number of aryl methyl sites for hydroxylation is 1. The monoisotopic (exact) mass is 367 g/mol. The van der Waals surface area contributed by atoms with Crippen molar-refractivity contribution in [3.8, 4) is 5.75 Å². The number of carbonyl (C=O) groups is 1. The summed E-state index contributed by atoms with van der Waals surface area (Å²) in [4.78, 5) is 12.3. The molecule has 0 saturated heterocycles. The summed E-state index contributed by atoms with van der Waals surface area (Å²) in [5.41, 5.74) is 1.15. The van der Waals surface area contributed by atoms with E-state index in [4.69, 9.17) is 16.3 Å². The number of esters is 1. The highest BCUT2D eigenvalue weighted by atomic mass is 35.5. The lowest BCUT2D eigenvalue weighted by Gasteiger charge is -2.11. The lowest BCUT2D eigenvalue weighted by Crippen LogP contribution is -2.22. The van der Waals surface area contributed by atoms with Crippen LogP contribution in [0.5, 0.6) is 5.75 Å². The van der Waals surface area contributed by atoms with Gasteiger partial charge in [0.1, 0.15) is 5.75 Å². The van der Waals surface area contributed by atoms with Crippen molar-refractivity contribution in [2.24, 2.45) is 0 Å². The van der Waals surface area contributed by atoms with Gasteiger partial charge in [0.15, 0.2) is 0 Å². The third-order valence-electron chi connectivity index (χ3n) is 3.48. The first-order valence-electron chi connectivity index (χ1n) is 7.29. The van der Waals surface area contributed by atoms with Gasteiger partial charge in [0.05, 0.1) is 10.5 Å². The molecule has 0 spiro atoms. The Morgan fingerprint density at radius 3 is 2.29 bits per heavy atom. The SMILES string of the molecule is CCc1cc(OC(=O)c2ccc(S(=O)(=O)N(C)C)cc2)ccc1Cl. The highest BCUT2D eigenvalue weighted by Crippen LogP contribution is 2.23. The Bertz CT molecular complexity index is 845. The van der Waals surface area contributed by atoms with Crippen molar-refractivity contribution in [2.45, 2.75) is 18.2 Å². The lowest BCUT2D eigenvalue weighted by atomic mass is 10.1. The Morgan fingerprint density at radius 1 is 1.12 bits per heavy atom. The van der Waals surface area contributed by atoms with Gasteiger partial charge in [0, 0.05) is 19.1 Å². The van der Waals surface area contributed by atoms with Gasteiger partial charge in [-0.1, -0.05) is 18.5 Å². The molecule has 0 atom stereocenters. The quantitative estimate of drug-likeness (QED) is 0.600. The van der Waals surface area contributed by atoms with E-state index in [9.17, 15) is 13.2 Å². The number of nitrogens with zero attached hydrogens (tertiary/aromatic N) is 1. The molecule has 24 heavy (non-hydrogen) atoms. The smallest absolute Gasteiger partial charge is 0.343 e. The van der Waals surface area contributed by atoms with Gasteiger partial charge in [-0.2, -0.15) is 0 Å². The van der Waals surface area contributed by atoms with Gasteiger partial charge in [-0.3, -0.25) is 0 Å². The van der Waals surface area contributed by atoms with E-state index in [1.807, 2.05) is 6.92 Å². The van der Waals surface area contributed by atoms with Gasteiger partial charge >= 0.3 is 5.97 Å². The summed E-state index contributed by atoms with van der Waals surface area (Å²) in [6.45, 7) is 1.96. The first-order valence-corrected chi connectivity index (χ1v) is 9.10. The van der Waals surface area contributed by atoms with Gasteiger partial charge < -0.3 is 4.74 Å². The van der Waals surface area contributed by atoms with Crippen molar-refractivity contribution >= 4 is 27.6 Å². The number of ether oxygens (including phenoxy) is 1. The molecule has 0 aromatic heterocycles. The molecule has 0 amide bonds. The average molecular weight is 368 g/mol. The van der Waals surface area contributed by atoms with Crippen molar-refractivity contribution in [3.05, 3.63) is 58.6 Å². The molecule has 0 aliphatic rings. The van der Waals surface area contributed by atoms with Crippen LogP contribution < -0.4 is 4.74 Å². The molecule has 0 N–H and O–H groups in total. The molecule has 0 aliphatic heterocycles. The first kappa shape index (κ1) is 18.4. The summed E-state index contributed by atoms with van der Waals surface area (Å²) in [6, 6.07) is 10.6. The Kier molecular flexibility index (Phi) is 5.64. The number of sulfonamides is 1. The van der Waals surface area contributed by atoms with Gasteiger partial charge in [0.25, 0.3) is 0 Å². The van der Waals surface area contributed by atoms with Crippen molar-refractivity contribution < 1.29 is 17.9 Å². The number of carbonyl (C=O) groups excluding carboxylic acids is 1. The highest BCUT2D eigenvalue weighted by Gasteiger charge is 2.18. The topological polar surface area (TPSA) is 63.7 Å². The number of hydrogen-bond donors (Lipinski definition) is 0. The van der Waals surface area contributed by atoms with Crippen LogP contribution in [0.3, 0.4) is 0 Å². The molecule has 5 nitrogen and oxygen atoms in total. The van der Waals surface area contributed by atoms with Crippen LogP contribution in [0.1, 0.15) is 22.8 Å². The molecule has 2 aromatic rings. The zero-order chi connectivity index (χ0) is 17.9. The zero-order valence-corrected chi connectivity index (χ0v) is 15.2. The third-order valence-corrected chi connectivity index (χ3v) is 5.68. The maximum absolute atomic E-state index is 12.2. The average Bonchev–Trinajstić information content (AvgIpc) is 2.56. The summed E-state index contributed by atoms with van der Waals surface area (Å²) in [7, 11) is -0.630. The third kappa shape index (κ3) is 3.95. The van der Waals surface area contributed by atoms with Crippen molar-refractivity contribution in [3.63, 3.8) is 0 Å². The fourth-order valence-electron chi connectivity index (χ4n) is 2.03. The molecule has 0 radical (unpaired) electrons. The van der Waals surface area contributed by atoms with Crippen LogP contribution in [-0.2, 0) is 16.4 Å². The van der Waals surface area contributed by atoms with E-state index in [1.165, 1.54) is 38.4 Å². The van der Waals surface area contributed by atoms with Gasteiger partial charge in [0.2, 0.25) is 10.0 Å². The molecule has 0 bridgehead atoms. The second kappa shape index (κ2) is 7.34. The highest BCUT2D eigenvalue weighted by molar-refractivity contribution is 7.89. The summed E-state index contributed by atoms with van der Waals surface area (Å²) in [5, 5.41) is 0.621. The van der Waals surface area contributed by atoms with E-state index in [0.29, 0.717) is 10.8 Å². The van der Waals surface area contributed by atoms with Crippen molar-refractivity contribution in [1.82, 2.24) is 4.31 Å². The Hall–Kier alpha value is -1.89. The van der Waals surface area contributed by atoms with Crippen LogP contribution in [0.15, 0.2) is 47.4 Å². The van der Waals surface area contributed by atoms with E-state index in [2.05, 4.69) is 0 Å². The second-order valence-electron chi connectivity index (χ2n) is 5.31. The number of hydrogen-bond acceptors (Lipinski definition) is 4. The predicted molar refractivity (Wildman–Crippen MR) is 93.1 cm³/mol. The second-order valence-corrected chi connectivity index (χ2v) is 7.87. The minimum Gasteiger partial charge on any atom is -0.423 e. The molecule has 0 aliphatic carbocycles. The number of rotatable bonds is 5. The molecular formula is C17H18ClNO4S. The van der Waals surface area contributed by atoms with Gasteiger partial charge in [-0.05, 0) is 54.4 Å². The van der Waals surface area contributed by atoms with Gasteiger partial charge in [-0.25, -0.2) is 17.5 Å². The van der Waals surface area contributed by atoms with E-state index in [0.717, 1.165) is 16.3 Å². The molecule has 0 unspecified atom stereocenters. The van der Waals surface area contributed by atoms with Crippen LogP contribution in [0.4, 0.5) is 0 Å². The summed E-state index contributed by atoms with van der Waals surface area (Å²) in [6.07, 6.45) is 0.724. The molecule has 0 heterocycles. The molecule has 7 heteroatoms. The predicted octanol–water partition coefficient (Wildman–Crippen LogP) is 3.37. The van der Waals surface area contributed by atoms with E-state index >= 15 is 0 Å². The fraction of sp³-hybridized carbons (Fsp3) is 0.235. The fourth-order valence-corrected chi connectivity index (χ4v) is 3.18. The molecular weight excluding hydrogens is 350 g/mol. The van der Waals surface area contributed by atoms with Crippen LogP contribution in [0.25, 0.3) is 0 Å². The maximum atomic E-state index is 12.2. The largest absolute Gasteiger partial charge is 0.423 e. The van der Waals surface area contributed by atoms with Crippen molar-refractivity contribution in [2.75, 3.05) is 14.1 Å². The minimum atomic E-state index is -3.53. The lowest BCUT2D eigenvalue weighted by molar-refractivity contribution is 0.0734. The Balaban J connectivity index is 2.19. The van der Waals surface area contributed by atoms with Crippen LogP contribution in [0, 0.1) is 0 Å². The number of halogens is 1. The standard InChI is InChI=1S/C17H18ClNO4S/c1-4-12-11-14(7-10-16(12)18)23-17(20)13-5-8-15(9-6-13)24(21,22)19(2)3/h5-11H,4H2,1-3H3. The normalized spacial score (nSPS) is 11.5. The first-order chi connectivity index (χ1) is 11.3. The molecule has 2 aromatic carbocycles. The van der Waals surface area contributed by atoms with E-state index < -0.39 is 16.0 Å². The van der Waals surface area contributed by atoms with Crippen LogP contribution in [-0.4, -0.2) is 32.8 Å². The van der Waals surface area contributed by atoms with Crippen LogP contribution in [0.2, 0.25) is 5.02 Å². The molecule has 2 rings (SSSR count). The van der Waals surface area contributed by atoms with Crippen LogP contribution >= 0.6 is 11.6 Å². The van der Waals surface area contributed by atoms with Gasteiger partial charge in [-0.15, -0.1) is 0 Å². The van der Waals surface area contributed by atoms with E-state index in [1.54, 1.807) is 18.2 Å². The summed E-state index contributed by atoms with van der Waals surface area (Å²) >= 11 is 6.03. The maximum Gasteiger partial charge on any atom is 0.343 e. The Morgan fingerprint density at radius 2 is 1.75 bits per heavy atom. The summed E-state index contributed by atoms with van der Waals surface area (Å²) < 4.78 is 30.4.